The maximum atomic E-state index is 12.3. The molecule has 2 N–H and O–H groups in total. The van der Waals surface area contributed by atoms with E-state index in [0.717, 1.165) is 32.6 Å². The largest absolute Gasteiger partial charge is 0.378 e. The predicted octanol–water partition coefficient (Wildman–Crippen LogP) is 0.956. The summed E-state index contributed by atoms with van der Waals surface area (Å²) in [6, 6.07) is 8.23. The molecule has 0 saturated carbocycles. The molecule has 0 atom stereocenters. The minimum atomic E-state index is 0.196. The first kappa shape index (κ1) is 15.8. The molecular weight excluding hydrogens is 292 g/mol. The Balaban J connectivity index is 1.40. The van der Waals surface area contributed by atoms with Crippen molar-refractivity contribution < 1.29 is 9.53 Å². The third-order valence-corrected chi connectivity index (χ3v) is 4.35. The minimum Gasteiger partial charge on any atom is -0.378 e. The number of nitrogens with two attached hydrogens (primary N) is 1. The molecule has 0 radical (unpaired) electrons. The second-order valence-electron chi connectivity index (χ2n) is 5.96. The van der Waals surface area contributed by atoms with Crippen LogP contribution in [0, 0.1) is 0 Å². The van der Waals surface area contributed by atoms with Gasteiger partial charge in [-0.3, -0.25) is 9.79 Å². The van der Waals surface area contributed by atoms with E-state index in [4.69, 9.17) is 10.5 Å². The molecule has 1 aromatic rings. The molecule has 1 saturated heterocycles. The van der Waals surface area contributed by atoms with Gasteiger partial charge < -0.3 is 20.3 Å². The van der Waals surface area contributed by atoms with Crippen LogP contribution >= 0.6 is 0 Å². The van der Waals surface area contributed by atoms with Crippen molar-refractivity contribution in [2.45, 2.75) is 25.9 Å². The van der Waals surface area contributed by atoms with Crippen LogP contribution in [0.4, 0.5) is 0 Å². The van der Waals surface area contributed by atoms with E-state index in [9.17, 15) is 4.79 Å². The molecule has 0 unspecified atom stereocenters. The van der Waals surface area contributed by atoms with E-state index in [2.05, 4.69) is 17.1 Å². The number of amides is 1. The van der Waals surface area contributed by atoms with Crippen LogP contribution < -0.4 is 5.73 Å². The van der Waals surface area contributed by atoms with Gasteiger partial charge in [0.05, 0.1) is 13.2 Å². The zero-order chi connectivity index (χ0) is 16.1. The number of rotatable bonds is 4. The van der Waals surface area contributed by atoms with Gasteiger partial charge in [-0.25, -0.2) is 0 Å². The fraction of sp³-hybridized carbons (Fsp3) is 0.529. The Morgan fingerprint density at radius 3 is 2.43 bits per heavy atom. The molecule has 23 heavy (non-hydrogen) atoms. The lowest BCUT2D eigenvalue weighted by atomic mass is 10.1. The fourth-order valence-corrected chi connectivity index (χ4v) is 2.98. The highest BCUT2D eigenvalue weighted by Crippen LogP contribution is 2.22. The minimum absolute atomic E-state index is 0.196. The Labute approximate surface area is 136 Å². The van der Waals surface area contributed by atoms with Crippen LogP contribution in [0.1, 0.15) is 24.0 Å². The van der Waals surface area contributed by atoms with Crippen LogP contribution in [0.3, 0.4) is 0 Å². The summed E-state index contributed by atoms with van der Waals surface area (Å²) in [6.07, 6.45) is 1.25. The first-order valence-corrected chi connectivity index (χ1v) is 8.21. The van der Waals surface area contributed by atoms with Crippen LogP contribution in [-0.2, 0) is 22.6 Å². The molecule has 1 fully saturated rings. The van der Waals surface area contributed by atoms with Gasteiger partial charge in [-0.2, -0.15) is 0 Å². The Kier molecular flexibility index (Phi) is 5.12. The van der Waals surface area contributed by atoms with E-state index >= 15 is 0 Å². The van der Waals surface area contributed by atoms with E-state index in [0.29, 0.717) is 32.1 Å². The molecule has 124 valence electrons. The van der Waals surface area contributed by atoms with E-state index in [1.807, 2.05) is 21.9 Å². The van der Waals surface area contributed by atoms with Gasteiger partial charge >= 0.3 is 0 Å². The molecule has 2 heterocycles. The number of aliphatic imine (C=N–C) groups is 1. The second-order valence-corrected chi connectivity index (χ2v) is 5.96. The van der Waals surface area contributed by atoms with Crippen LogP contribution in [0.25, 0.3) is 0 Å². The number of hydrogen-bond acceptors (Lipinski definition) is 3. The number of carbonyl (C=O) groups is 1. The van der Waals surface area contributed by atoms with Gasteiger partial charge in [-0.15, -0.1) is 0 Å². The zero-order valence-electron chi connectivity index (χ0n) is 13.4. The molecule has 0 aromatic heterocycles. The number of fused-ring (bicyclic) bond motifs is 1. The monoisotopic (exact) mass is 316 g/mol. The Hall–Kier alpha value is -2.08. The highest BCUT2D eigenvalue weighted by Gasteiger charge is 2.22. The van der Waals surface area contributed by atoms with Crippen molar-refractivity contribution >= 4 is 11.9 Å². The Morgan fingerprint density at radius 2 is 1.78 bits per heavy atom. The molecular formula is C17H24N4O2. The lowest BCUT2D eigenvalue weighted by Crippen LogP contribution is -2.44. The van der Waals surface area contributed by atoms with Gasteiger partial charge in [0.25, 0.3) is 0 Å². The summed E-state index contributed by atoms with van der Waals surface area (Å²) in [5, 5.41) is 0. The van der Waals surface area contributed by atoms with Gasteiger partial charge in [0.2, 0.25) is 5.91 Å². The van der Waals surface area contributed by atoms with Crippen molar-refractivity contribution in [3.05, 3.63) is 35.4 Å². The normalized spacial score (nSPS) is 18.2. The maximum absolute atomic E-state index is 12.3. The summed E-state index contributed by atoms with van der Waals surface area (Å²) in [5.74, 6) is 0.760. The molecule has 1 aromatic carbocycles. The van der Waals surface area contributed by atoms with E-state index in [1.54, 1.807) is 0 Å². The van der Waals surface area contributed by atoms with Crippen molar-refractivity contribution in [3.8, 4) is 0 Å². The SMILES string of the molecule is NC(=NCCCC(=O)N1Cc2ccccc2C1)N1CCOCC1. The lowest BCUT2D eigenvalue weighted by Gasteiger charge is -2.27. The van der Waals surface area contributed by atoms with E-state index < -0.39 is 0 Å². The third-order valence-electron chi connectivity index (χ3n) is 4.35. The van der Waals surface area contributed by atoms with Gasteiger partial charge in [0.15, 0.2) is 5.96 Å². The molecule has 6 nitrogen and oxygen atoms in total. The molecule has 6 heteroatoms. The number of carbonyl (C=O) groups excluding carboxylic acids is 1. The predicted molar refractivity (Wildman–Crippen MR) is 88.8 cm³/mol. The van der Waals surface area contributed by atoms with Crippen LogP contribution in [0.2, 0.25) is 0 Å². The second kappa shape index (κ2) is 7.46. The fourth-order valence-electron chi connectivity index (χ4n) is 2.98. The third kappa shape index (κ3) is 4.01. The summed E-state index contributed by atoms with van der Waals surface area (Å²) in [5.41, 5.74) is 8.49. The highest BCUT2D eigenvalue weighted by atomic mass is 16.5. The van der Waals surface area contributed by atoms with Crippen LogP contribution in [-0.4, -0.2) is 54.5 Å². The molecule has 3 rings (SSSR count). The molecule has 0 spiro atoms. The van der Waals surface area contributed by atoms with Gasteiger partial charge in [0, 0.05) is 39.1 Å². The molecule has 1 amide bonds. The summed E-state index contributed by atoms with van der Waals surface area (Å²) >= 11 is 0. The number of ether oxygens (including phenoxy) is 1. The Morgan fingerprint density at radius 1 is 1.13 bits per heavy atom. The average Bonchev–Trinajstić information content (AvgIpc) is 3.03. The first-order valence-electron chi connectivity index (χ1n) is 8.21. The summed E-state index contributed by atoms with van der Waals surface area (Å²) in [6.45, 7) is 5.03. The van der Waals surface area contributed by atoms with Gasteiger partial charge in [-0.05, 0) is 17.5 Å². The molecule has 2 aliphatic heterocycles. The van der Waals surface area contributed by atoms with Crippen molar-refractivity contribution in [3.63, 3.8) is 0 Å². The topological polar surface area (TPSA) is 71.2 Å². The smallest absolute Gasteiger partial charge is 0.223 e. The number of morpholine rings is 1. The van der Waals surface area contributed by atoms with E-state index in [-0.39, 0.29) is 5.91 Å². The molecule has 0 bridgehead atoms. The number of benzene rings is 1. The molecule has 2 aliphatic rings. The zero-order valence-corrected chi connectivity index (χ0v) is 13.4. The molecule has 0 aliphatic carbocycles. The van der Waals surface area contributed by atoms with Crippen LogP contribution in [0.5, 0.6) is 0 Å². The average molecular weight is 316 g/mol. The van der Waals surface area contributed by atoms with Crippen molar-refractivity contribution in [2.75, 3.05) is 32.8 Å². The standard InChI is InChI=1S/C17H24N4O2/c18-17(20-8-10-23-11-9-20)19-7-3-6-16(22)21-12-14-4-1-2-5-15(14)13-21/h1-2,4-5H,3,6-13H2,(H2,18,19). The number of guanidine groups is 1. The van der Waals surface area contributed by atoms with Gasteiger partial charge in [-0.1, -0.05) is 24.3 Å². The summed E-state index contributed by atoms with van der Waals surface area (Å²) in [7, 11) is 0. The lowest BCUT2D eigenvalue weighted by molar-refractivity contribution is -0.131. The van der Waals surface area contributed by atoms with Gasteiger partial charge in [0.1, 0.15) is 0 Å². The van der Waals surface area contributed by atoms with Crippen LogP contribution in [0.15, 0.2) is 29.3 Å². The number of hydrogen-bond donors (Lipinski definition) is 1. The maximum Gasteiger partial charge on any atom is 0.223 e. The van der Waals surface area contributed by atoms with Crippen molar-refractivity contribution in [1.29, 1.82) is 0 Å². The Bertz CT molecular complexity index is 557. The van der Waals surface area contributed by atoms with Crippen molar-refractivity contribution in [2.24, 2.45) is 10.7 Å². The van der Waals surface area contributed by atoms with E-state index in [1.165, 1.54) is 11.1 Å². The first-order chi connectivity index (χ1) is 11.2. The quantitative estimate of drug-likeness (QED) is 0.510. The summed E-state index contributed by atoms with van der Waals surface area (Å²) < 4.78 is 5.29. The number of nitrogens with zero attached hydrogens (tertiary/aromatic N) is 3. The van der Waals surface area contributed by atoms with Crippen molar-refractivity contribution in [1.82, 2.24) is 9.80 Å². The summed E-state index contributed by atoms with van der Waals surface area (Å²) in [4.78, 5) is 20.6. The highest BCUT2D eigenvalue weighted by molar-refractivity contribution is 5.78.